The van der Waals surface area contributed by atoms with E-state index in [9.17, 15) is 17.6 Å². The molecule has 1 saturated carbocycles. The van der Waals surface area contributed by atoms with Crippen LogP contribution in [-0.2, 0) is 6.54 Å². The van der Waals surface area contributed by atoms with E-state index in [1.807, 2.05) is 4.90 Å². The molecule has 0 spiro atoms. The minimum atomic E-state index is -2.50. The van der Waals surface area contributed by atoms with Gasteiger partial charge in [-0.3, -0.25) is 4.90 Å². The molecular formula is C24H27BF4N8. The van der Waals surface area contributed by atoms with Crippen LogP contribution in [0.5, 0.6) is 0 Å². The van der Waals surface area contributed by atoms with E-state index in [4.69, 9.17) is 13.6 Å². The molecule has 0 bridgehead atoms. The molecule has 0 atom stereocenters. The van der Waals surface area contributed by atoms with Gasteiger partial charge in [0, 0.05) is 18.0 Å². The van der Waals surface area contributed by atoms with E-state index in [2.05, 4.69) is 20.1 Å². The standard InChI is InChI=1S/C15H12BF2N7.C9H15F2N/c1-7-21-10-3-2-9(22-14(10)24(7)6-13(17)18)8-4-12(16)25-11(8)5-20-15(19)23-25;10-9(11)5-2-6-12(7-9)8-3-1-4-8/h2-5,13H,6H2,1H3,(H2,19,23);8H,1-7H2. The molecule has 0 aromatic carbocycles. The normalized spacial score (nSPS) is 18.2. The van der Waals surface area contributed by atoms with Crippen LogP contribution >= 0.6 is 0 Å². The monoisotopic (exact) mass is 514 g/mol. The Bertz CT molecular complexity index is 1420. The Morgan fingerprint density at radius 3 is 2.65 bits per heavy atom. The summed E-state index contributed by atoms with van der Waals surface area (Å²) in [4.78, 5) is 14.7. The van der Waals surface area contributed by atoms with Gasteiger partial charge in [0.25, 0.3) is 12.3 Å². The molecule has 0 amide bonds. The van der Waals surface area contributed by atoms with Crippen LogP contribution in [0.1, 0.15) is 37.9 Å². The number of nitrogen functional groups attached to an aromatic ring is 1. The summed E-state index contributed by atoms with van der Waals surface area (Å²) in [7, 11) is 5.97. The molecule has 2 fully saturated rings. The summed E-state index contributed by atoms with van der Waals surface area (Å²) < 4.78 is 54.4. The highest BCUT2D eigenvalue weighted by atomic mass is 19.3. The Morgan fingerprint density at radius 2 is 1.97 bits per heavy atom. The molecule has 8 nitrogen and oxygen atoms in total. The second-order valence-electron chi connectivity index (χ2n) is 9.61. The predicted molar refractivity (Wildman–Crippen MR) is 133 cm³/mol. The van der Waals surface area contributed by atoms with Crippen LogP contribution in [0.3, 0.4) is 0 Å². The number of likely N-dealkylation sites (tertiary alicyclic amines) is 1. The Kier molecular flexibility index (Phi) is 6.82. The zero-order valence-corrected chi connectivity index (χ0v) is 20.4. The number of aryl methyl sites for hydroxylation is 1. The minimum absolute atomic E-state index is 0.0116. The molecule has 2 aliphatic rings. The van der Waals surface area contributed by atoms with Crippen LogP contribution in [0.4, 0.5) is 23.5 Å². The van der Waals surface area contributed by atoms with Gasteiger partial charge in [0.1, 0.15) is 19.2 Å². The average Bonchev–Trinajstić information content (AvgIpc) is 3.28. The van der Waals surface area contributed by atoms with E-state index >= 15 is 0 Å². The number of alkyl halides is 4. The van der Waals surface area contributed by atoms with Crippen LogP contribution in [0, 0.1) is 6.92 Å². The summed E-state index contributed by atoms with van der Waals surface area (Å²) in [5, 5.41) is 4.06. The maximum atomic E-state index is 12.9. The number of fused-ring (bicyclic) bond motifs is 2. The highest BCUT2D eigenvalue weighted by Gasteiger charge is 2.38. The lowest BCUT2D eigenvalue weighted by molar-refractivity contribution is -0.0833. The molecule has 1 saturated heterocycles. The van der Waals surface area contributed by atoms with Crippen LogP contribution in [0.25, 0.3) is 27.9 Å². The first-order chi connectivity index (χ1) is 17.6. The SMILES string of the molecule is FC1(F)CCCN(C2CCC2)C1.[B]c1cc(-c2ccc3nc(C)n(CC(F)F)c3n2)c2cnc(N)nn12. The fourth-order valence-electron chi connectivity index (χ4n) is 4.91. The van der Waals surface area contributed by atoms with E-state index in [1.54, 1.807) is 31.3 Å². The molecule has 1 aliphatic carbocycles. The predicted octanol–water partition coefficient (Wildman–Crippen LogP) is 3.36. The quantitative estimate of drug-likeness (QED) is 0.332. The number of halogens is 4. The lowest BCUT2D eigenvalue weighted by atomic mass is 9.89. The van der Waals surface area contributed by atoms with E-state index in [0.717, 1.165) is 19.4 Å². The summed E-state index contributed by atoms with van der Waals surface area (Å²) >= 11 is 0. The van der Waals surface area contributed by atoms with Crippen LogP contribution < -0.4 is 11.3 Å². The number of anilines is 1. The average molecular weight is 514 g/mol. The van der Waals surface area contributed by atoms with Gasteiger partial charge < -0.3 is 10.3 Å². The fourth-order valence-corrected chi connectivity index (χ4v) is 4.91. The third-order valence-electron chi connectivity index (χ3n) is 6.96. The number of hydrogen-bond donors (Lipinski definition) is 1. The molecule has 13 heteroatoms. The van der Waals surface area contributed by atoms with E-state index < -0.39 is 18.9 Å². The first kappa shape index (κ1) is 25.4. The van der Waals surface area contributed by atoms with Gasteiger partial charge in [-0.15, -0.1) is 5.10 Å². The number of rotatable bonds is 4. The van der Waals surface area contributed by atoms with Crippen LogP contribution in [0.2, 0.25) is 0 Å². The lowest BCUT2D eigenvalue weighted by Crippen LogP contribution is -2.50. The number of hydrogen-bond acceptors (Lipinski definition) is 6. The number of aromatic nitrogens is 6. The van der Waals surface area contributed by atoms with Gasteiger partial charge >= 0.3 is 0 Å². The Labute approximate surface area is 212 Å². The molecule has 4 aromatic rings. The van der Waals surface area contributed by atoms with Gasteiger partial charge in [-0.2, -0.15) is 0 Å². The van der Waals surface area contributed by atoms with Gasteiger partial charge in [0.05, 0.1) is 30.5 Å². The number of pyridine rings is 1. The summed E-state index contributed by atoms with van der Waals surface area (Å²) in [6.45, 7) is 2.11. The highest BCUT2D eigenvalue weighted by Crippen LogP contribution is 2.33. The molecule has 2 N–H and O–H groups in total. The molecule has 0 unspecified atom stereocenters. The van der Waals surface area contributed by atoms with Crippen molar-refractivity contribution in [1.82, 2.24) is 34.0 Å². The molecule has 1 aliphatic heterocycles. The van der Waals surface area contributed by atoms with Crippen molar-refractivity contribution in [2.75, 3.05) is 18.8 Å². The smallest absolute Gasteiger partial charge is 0.260 e. The fraction of sp³-hybridized carbons (Fsp3) is 0.500. The topological polar surface area (TPSA) is 90.2 Å². The van der Waals surface area contributed by atoms with Crippen molar-refractivity contribution in [1.29, 1.82) is 0 Å². The van der Waals surface area contributed by atoms with Gasteiger partial charge in [0.2, 0.25) is 5.95 Å². The maximum Gasteiger partial charge on any atom is 0.260 e. The van der Waals surface area contributed by atoms with E-state index in [-0.39, 0.29) is 18.9 Å². The van der Waals surface area contributed by atoms with Crippen molar-refractivity contribution in [3.63, 3.8) is 0 Å². The first-order valence-corrected chi connectivity index (χ1v) is 12.3. The number of nitrogens with two attached hydrogens (primary N) is 1. The lowest BCUT2D eigenvalue weighted by Gasteiger charge is -2.42. The molecule has 5 heterocycles. The van der Waals surface area contributed by atoms with Crippen LogP contribution in [0.15, 0.2) is 24.4 Å². The summed E-state index contributed by atoms with van der Waals surface area (Å²) in [5.41, 5.74) is 8.77. The van der Waals surface area contributed by atoms with E-state index in [1.165, 1.54) is 15.5 Å². The van der Waals surface area contributed by atoms with Crippen molar-refractivity contribution in [3.8, 4) is 11.3 Å². The zero-order chi connectivity index (χ0) is 26.3. The number of nitrogens with zero attached hydrogens (tertiary/aromatic N) is 7. The number of piperidine rings is 1. The Balaban J connectivity index is 0.000000195. The Morgan fingerprint density at radius 1 is 1.19 bits per heavy atom. The minimum Gasteiger partial charge on any atom is -0.367 e. The molecule has 2 radical (unpaired) electrons. The molecule has 194 valence electrons. The van der Waals surface area contributed by atoms with Gasteiger partial charge in [0.15, 0.2) is 5.65 Å². The summed E-state index contributed by atoms with van der Waals surface area (Å²) in [6.07, 6.45) is 3.31. The molecule has 37 heavy (non-hydrogen) atoms. The zero-order valence-electron chi connectivity index (χ0n) is 20.4. The first-order valence-electron chi connectivity index (χ1n) is 12.3. The summed E-state index contributed by atoms with van der Waals surface area (Å²) in [5.74, 6) is -1.83. The van der Waals surface area contributed by atoms with Crippen molar-refractivity contribution in [2.45, 2.75) is 64.0 Å². The van der Waals surface area contributed by atoms with Gasteiger partial charge in [-0.05, 0) is 56.5 Å². The molecular weight excluding hydrogens is 487 g/mol. The third kappa shape index (κ3) is 5.27. The van der Waals surface area contributed by atoms with Crippen molar-refractivity contribution >= 4 is 36.1 Å². The second kappa shape index (κ2) is 9.92. The van der Waals surface area contributed by atoms with Crippen LogP contribution in [-0.4, -0.2) is 73.4 Å². The highest BCUT2D eigenvalue weighted by molar-refractivity contribution is 6.32. The summed E-state index contributed by atoms with van der Waals surface area (Å²) in [6, 6.07) is 5.67. The number of imidazole rings is 1. The van der Waals surface area contributed by atoms with Crippen molar-refractivity contribution in [2.24, 2.45) is 0 Å². The second-order valence-corrected chi connectivity index (χ2v) is 9.61. The largest absolute Gasteiger partial charge is 0.367 e. The molecule has 4 aromatic heterocycles. The maximum absolute atomic E-state index is 12.9. The van der Waals surface area contributed by atoms with Crippen molar-refractivity contribution < 1.29 is 17.6 Å². The molecule has 6 rings (SSSR count). The van der Waals surface area contributed by atoms with Gasteiger partial charge in [-0.1, -0.05) is 6.42 Å². The third-order valence-corrected chi connectivity index (χ3v) is 6.96. The van der Waals surface area contributed by atoms with E-state index in [0.29, 0.717) is 51.8 Å². The Hall–Kier alpha value is -3.22. The van der Waals surface area contributed by atoms with Crippen molar-refractivity contribution in [3.05, 3.63) is 30.2 Å². The van der Waals surface area contributed by atoms with Gasteiger partial charge in [-0.25, -0.2) is 37.0 Å².